The Kier molecular flexibility index (Phi) is 4.42. The molecule has 1 fully saturated rings. The molecule has 1 N–H and O–H groups in total. The molecule has 0 bridgehead atoms. The summed E-state index contributed by atoms with van der Waals surface area (Å²) in [5, 5.41) is 9.30. The molecule has 0 aromatic carbocycles. The lowest BCUT2D eigenvalue weighted by Crippen LogP contribution is -2.51. The molecule has 1 aliphatic heterocycles. The van der Waals surface area contributed by atoms with Crippen molar-refractivity contribution in [2.45, 2.75) is 20.0 Å². The maximum absolute atomic E-state index is 11.7. The summed E-state index contributed by atoms with van der Waals surface area (Å²) in [6.45, 7) is 6.20. The van der Waals surface area contributed by atoms with E-state index in [1.165, 1.54) is 6.92 Å². The van der Waals surface area contributed by atoms with Crippen LogP contribution >= 0.6 is 15.9 Å². The fourth-order valence-electron chi connectivity index (χ4n) is 2.13. The van der Waals surface area contributed by atoms with Gasteiger partial charge in [-0.3, -0.25) is 4.79 Å². The average molecular weight is 328 g/mol. The molecule has 0 spiro atoms. The first-order valence-electron chi connectivity index (χ1n) is 6.34. The highest BCUT2D eigenvalue weighted by molar-refractivity contribution is 9.10. The third-order valence-electron chi connectivity index (χ3n) is 3.28. The molecule has 1 atom stereocenters. The maximum atomic E-state index is 11.7. The van der Waals surface area contributed by atoms with Crippen molar-refractivity contribution in [1.29, 1.82) is 0 Å². The van der Waals surface area contributed by atoms with Crippen molar-refractivity contribution in [2.75, 3.05) is 31.1 Å². The van der Waals surface area contributed by atoms with Crippen LogP contribution in [0.1, 0.15) is 12.6 Å². The number of aliphatic hydroxyl groups is 1. The van der Waals surface area contributed by atoms with Gasteiger partial charge in [0.15, 0.2) is 0 Å². The second-order valence-electron chi connectivity index (χ2n) is 4.72. The van der Waals surface area contributed by atoms with E-state index in [-0.39, 0.29) is 5.91 Å². The Balaban J connectivity index is 2.00. The van der Waals surface area contributed by atoms with Gasteiger partial charge < -0.3 is 14.9 Å². The topological polar surface area (TPSA) is 56.7 Å². The minimum atomic E-state index is -0.917. The van der Waals surface area contributed by atoms with Gasteiger partial charge in [-0.2, -0.15) is 0 Å². The largest absolute Gasteiger partial charge is 0.384 e. The van der Waals surface area contributed by atoms with E-state index in [4.69, 9.17) is 0 Å². The van der Waals surface area contributed by atoms with E-state index >= 15 is 0 Å². The monoisotopic (exact) mass is 327 g/mol. The third kappa shape index (κ3) is 3.25. The number of rotatable bonds is 2. The lowest BCUT2D eigenvalue weighted by molar-refractivity contribution is -0.139. The molecule has 19 heavy (non-hydrogen) atoms. The minimum Gasteiger partial charge on any atom is -0.384 e. The number of aryl methyl sites for hydroxylation is 1. The van der Waals surface area contributed by atoms with Crippen molar-refractivity contribution >= 4 is 27.7 Å². The first kappa shape index (κ1) is 14.3. The van der Waals surface area contributed by atoms with Crippen LogP contribution in [0.2, 0.25) is 0 Å². The number of hydrogen-bond donors (Lipinski definition) is 1. The number of pyridine rings is 1. The molecule has 1 saturated heterocycles. The molecule has 1 aromatic rings. The summed E-state index contributed by atoms with van der Waals surface area (Å²) in [4.78, 5) is 20.1. The molecule has 0 radical (unpaired) electrons. The van der Waals surface area contributed by atoms with Gasteiger partial charge in [0, 0.05) is 30.7 Å². The van der Waals surface area contributed by atoms with Crippen LogP contribution in [0.3, 0.4) is 0 Å². The van der Waals surface area contributed by atoms with Crippen LogP contribution in [0.4, 0.5) is 5.82 Å². The molecular formula is C13H18BrN3O2. The van der Waals surface area contributed by atoms with E-state index in [1.54, 1.807) is 4.90 Å². The van der Waals surface area contributed by atoms with E-state index in [0.29, 0.717) is 13.1 Å². The molecule has 1 amide bonds. The highest BCUT2D eigenvalue weighted by atomic mass is 79.9. The Morgan fingerprint density at radius 3 is 2.53 bits per heavy atom. The van der Waals surface area contributed by atoms with Gasteiger partial charge >= 0.3 is 0 Å². The van der Waals surface area contributed by atoms with Gasteiger partial charge in [0.25, 0.3) is 5.91 Å². The first-order chi connectivity index (χ1) is 8.99. The van der Waals surface area contributed by atoms with Gasteiger partial charge in [0.05, 0.1) is 5.69 Å². The number of nitrogens with zero attached hydrogens (tertiary/aromatic N) is 3. The second kappa shape index (κ2) is 5.88. The fourth-order valence-corrected chi connectivity index (χ4v) is 2.35. The normalized spacial score (nSPS) is 17.5. The molecule has 1 unspecified atom stereocenters. The minimum absolute atomic E-state index is 0.195. The van der Waals surface area contributed by atoms with Crippen molar-refractivity contribution in [3.05, 3.63) is 22.3 Å². The van der Waals surface area contributed by atoms with Gasteiger partial charge in [-0.25, -0.2) is 4.98 Å². The van der Waals surface area contributed by atoms with Crippen LogP contribution in [-0.2, 0) is 4.79 Å². The molecule has 0 saturated carbocycles. The molecule has 5 nitrogen and oxygen atoms in total. The smallest absolute Gasteiger partial charge is 0.251 e. The van der Waals surface area contributed by atoms with Gasteiger partial charge in [0.1, 0.15) is 11.9 Å². The summed E-state index contributed by atoms with van der Waals surface area (Å²) in [5.74, 6) is 0.740. The Hall–Kier alpha value is -1.14. The number of anilines is 1. The van der Waals surface area contributed by atoms with Crippen molar-refractivity contribution in [3.63, 3.8) is 0 Å². The summed E-state index contributed by atoms with van der Waals surface area (Å²) in [5.41, 5.74) is 0.958. The maximum Gasteiger partial charge on any atom is 0.251 e. The van der Waals surface area contributed by atoms with Crippen molar-refractivity contribution in [1.82, 2.24) is 9.88 Å². The van der Waals surface area contributed by atoms with Crippen molar-refractivity contribution < 1.29 is 9.90 Å². The fraction of sp³-hybridized carbons (Fsp3) is 0.538. The van der Waals surface area contributed by atoms with Gasteiger partial charge in [-0.05, 0) is 41.9 Å². The predicted molar refractivity (Wildman–Crippen MR) is 77.1 cm³/mol. The Morgan fingerprint density at radius 2 is 2.00 bits per heavy atom. The van der Waals surface area contributed by atoms with Crippen LogP contribution < -0.4 is 4.90 Å². The number of carbonyl (C=O) groups excluding carboxylic acids is 1. The van der Waals surface area contributed by atoms with Gasteiger partial charge in [-0.15, -0.1) is 0 Å². The van der Waals surface area contributed by atoms with Crippen molar-refractivity contribution in [3.8, 4) is 0 Å². The quantitative estimate of drug-likeness (QED) is 0.886. The molecule has 2 heterocycles. The summed E-state index contributed by atoms with van der Waals surface area (Å²) >= 11 is 3.44. The van der Waals surface area contributed by atoms with E-state index < -0.39 is 6.10 Å². The predicted octanol–water partition coefficient (Wildman–Crippen LogP) is 1.18. The molecule has 0 aliphatic carbocycles. The summed E-state index contributed by atoms with van der Waals surface area (Å²) < 4.78 is 0.999. The number of halogens is 1. The lowest BCUT2D eigenvalue weighted by Gasteiger charge is -2.36. The number of piperazine rings is 1. The van der Waals surface area contributed by atoms with Crippen LogP contribution in [0.5, 0.6) is 0 Å². The number of carbonyl (C=O) groups is 1. The van der Waals surface area contributed by atoms with E-state index in [2.05, 4.69) is 25.8 Å². The van der Waals surface area contributed by atoms with E-state index in [1.807, 2.05) is 19.1 Å². The number of aromatic nitrogens is 1. The average Bonchev–Trinajstić information content (AvgIpc) is 2.41. The first-order valence-corrected chi connectivity index (χ1v) is 7.13. The second-order valence-corrected chi connectivity index (χ2v) is 5.58. The van der Waals surface area contributed by atoms with Crippen LogP contribution in [-0.4, -0.2) is 53.2 Å². The Bertz CT molecular complexity index is 471. The number of amides is 1. The lowest BCUT2D eigenvalue weighted by atomic mass is 10.2. The Labute approximate surface area is 121 Å². The zero-order valence-corrected chi connectivity index (χ0v) is 12.7. The number of hydrogen-bond acceptors (Lipinski definition) is 4. The standard InChI is InChI=1S/C13H18BrN3O2/c1-9-11(14)3-4-12(15-9)16-5-7-17(8-6-16)13(19)10(2)18/h3-4,10,18H,5-8H2,1-2H3. The molecule has 104 valence electrons. The van der Waals surface area contributed by atoms with Gasteiger partial charge in [-0.1, -0.05) is 0 Å². The molecule has 6 heteroatoms. The van der Waals surface area contributed by atoms with Gasteiger partial charge in [0.2, 0.25) is 0 Å². The van der Waals surface area contributed by atoms with E-state index in [9.17, 15) is 9.90 Å². The third-order valence-corrected chi connectivity index (χ3v) is 4.12. The Morgan fingerprint density at radius 1 is 1.37 bits per heavy atom. The molecule has 2 rings (SSSR count). The highest BCUT2D eigenvalue weighted by Crippen LogP contribution is 2.20. The zero-order chi connectivity index (χ0) is 14.0. The van der Waals surface area contributed by atoms with Crippen LogP contribution in [0.15, 0.2) is 16.6 Å². The summed E-state index contributed by atoms with van der Waals surface area (Å²) in [6.07, 6.45) is -0.917. The SMILES string of the molecule is Cc1nc(N2CCN(C(=O)C(C)O)CC2)ccc1Br. The van der Waals surface area contributed by atoms with Crippen LogP contribution in [0, 0.1) is 6.92 Å². The molecule has 1 aliphatic rings. The highest BCUT2D eigenvalue weighted by Gasteiger charge is 2.24. The van der Waals surface area contributed by atoms with Crippen LogP contribution in [0.25, 0.3) is 0 Å². The zero-order valence-electron chi connectivity index (χ0n) is 11.1. The molecular weight excluding hydrogens is 310 g/mol. The molecule has 1 aromatic heterocycles. The van der Waals surface area contributed by atoms with E-state index in [0.717, 1.165) is 29.1 Å². The summed E-state index contributed by atoms with van der Waals surface area (Å²) in [6, 6.07) is 3.97. The van der Waals surface area contributed by atoms with Crippen molar-refractivity contribution in [2.24, 2.45) is 0 Å². The summed E-state index contributed by atoms with van der Waals surface area (Å²) in [7, 11) is 0. The number of aliphatic hydroxyl groups excluding tert-OH is 1.